The Morgan fingerprint density at radius 1 is 1.91 bits per heavy atom. The van der Waals surface area contributed by atoms with Crippen molar-refractivity contribution in [3.05, 3.63) is 16.6 Å². The van der Waals surface area contributed by atoms with Crippen LogP contribution < -0.4 is 0 Å². The average Bonchev–Trinajstić information content (AvgIpc) is 2.37. The van der Waals surface area contributed by atoms with Gasteiger partial charge in [-0.25, -0.2) is 4.79 Å². The number of carboxylic acids is 1. The first-order chi connectivity index (χ1) is 5.24. The van der Waals surface area contributed by atoms with Crippen LogP contribution in [0.15, 0.2) is 6.07 Å². The van der Waals surface area contributed by atoms with Gasteiger partial charge in [-0.15, -0.1) is 0 Å². The summed E-state index contributed by atoms with van der Waals surface area (Å²) >= 11 is 0.968. The molecule has 0 aliphatic carbocycles. The third-order valence-corrected chi connectivity index (χ3v) is 1.88. The summed E-state index contributed by atoms with van der Waals surface area (Å²) < 4.78 is 8.64. The fourth-order valence-corrected chi connectivity index (χ4v) is 1.22. The fraction of sp³-hybridized carbons (Fsp3) is 0.333. The summed E-state index contributed by atoms with van der Waals surface area (Å²) in [6.07, 6.45) is 0. The summed E-state index contributed by atoms with van der Waals surface area (Å²) in [7, 11) is 1.54. The van der Waals surface area contributed by atoms with Crippen LogP contribution in [0.25, 0.3) is 0 Å². The average molecular weight is 173 g/mol. The Balaban J connectivity index is 2.73. The van der Waals surface area contributed by atoms with Gasteiger partial charge >= 0.3 is 5.97 Å². The van der Waals surface area contributed by atoms with Crippen molar-refractivity contribution in [3.63, 3.8) is 0 Å². The van der Waals surface area contributed by atoms with Crippen molar-refractivity contribution in [1.29, 1.82) is 0 Å². The van der Waals surface area contributed by atoms with E-state index in [2.05, 4.69) is 4.37 Å². The highest BCUT2D eigenvalue weighted by atomic mass is 32.1. The van der Waals surface area contributed by atoms with Gasteiger partial charge in [0.25, 0.3) is 0 Å². The SMILES string of the molecule is COCc1cc(C(=O)O)sn1. The Hall–Kier alpha value is -0.940. The lowest BCUT2D eigenvalue weighted by Crippen LogP contribution is -1.91. The largest absolute Gasteiger partial charge is 0.477 e. The quantitative estimate of drug-likeness (QED) is 0.740. The summed E-state index contributed by atoms with van der Waals surface area (Å²) in [5.74, 6) is -0.940. The third-order valence-electron chi connectivity index (χ3n) is 1.06. The van der Waals surface area contributed by atoms with Gasteiger partial charge in [0.1, 0.15) is 4.88 Å². The molecular weight excluding hydrogens is 166 g/mol. The minimum Gasteiger partial charge on any atom is -0.477 e. The summed E-state index contributed by atoms with van der Waals surface area (Å²) in [4.78, 5) is 10.6. The summed E-state index contributed by atoms with van der Waals surface area (Å²) in [6, 6.07) is 1.51. The van der Waals surface area contributed by atoms with E-state index in [1.54, 1.807) is 7.11 Å². The Kier molecular flexibility index (Phi) is 2.56. The number of hydrogen-bond donors (Lipinski definition) is 1. The highest BCUT2D eigenvalue weighted by Crippen LogP contribution is 2.09. The normalized spacial score (nSPS) is 9.91. The molecule has 5 heteroatoms. The van der Waals surface area contributed by atoms with Crippen molar-refractivity contribution in [1.82, 2.24) is 4.37 Å². The number of rotatable bonds is 3. The van der Waals surface area contributed by atoms with E-state index in [9.17, 15) is 4.79 Å². The number of carbonyl (C=O) groups is 1. The van der Waals surface area contributed by atoms with E-state index in [0.717, 1.165) is 11.5 Å². The molecule has 11 heavy (non-hydrogen) atoms. The number of methoxy groups -OCH3 is 1. The molecule has 0 fully saturated rings. The van der Waals surface area contributed by atoms with Crippen LogP contribution in [0.5, 0.6) is 0 Å². The molecule has 1 heterocycles. The molecule has 0 saturated heterocycles. The van der Waals surface area contributed by atoms with Gasteiger partial charge in [-0.3, -0.25) is 0 Å². The van der Waals surface area contributed by atoms with Crippen LogP contribution in [0.3, 0.4) is 0 Å². The van der Waals surface area contributed by atoms with Crippen molar-refractivity contribution in [2.75, 3.05) is 7.11 Å². The molecule has 0 unspecified atom stereocenters. The smallest absolute Gasteiger partial charge is 0.347 e. The predicted octanol–water partition coefficient (Wildman–Crippen LogP) is 0.988. The van der Waals surface area contributed by atoms with Crippen LogP contribution in [0.4, 0.5) is 0 Å². The van der Waals surface area contributed by atoms with Crippen LogP contribution in [0.1, 0.15) is 15.4 Å². The van der Waals surface area contributed by atoms with Gasteiger partial charge in [-0.05, 0) is 17.6 Å². The Bertz CT molecular complexity index is 258. The zero-order chi connectivity index (χ0) is 8.27. The standard InChI is InChI=1S/C6H7NO3S/c1-10-3-4-2-5(6(8)9)11-7-4/h2H,3H2,1H3,(H,8,9). The second-order valence-corrected chi connectivity index (χ2v) is 2.73. The number of aromatic nitrogens is 1. The topological polar surface area (TPSA) is 59.4 Å². The van der Waals surface area contributed by atoms with E-state index in [1.165, 1.54) is 6.07 Å². The van der Waals surface area contributed by atoms with E-state index < -0.39 is 5.97 Å². The molecule has 0 saturated carbocycles. The molecule has 1 aromatic rings. The summed E-state index contributed by atoms with van der Waals surface area (Å²) in [5.41, 5.74) is 0.662. The molecular formula is C6H7NO3S. The first-order valence-electron chi connectivity index (χ1n) is 2.92. The zero-order valence-electron chi connectivity index (χ0n) is 5.90. The highest BCUT2D eigenvalue weighted by Gasteiger charge is 2.07. The van der Waals surface area contributed by atoms with E-state index in [1.807, 2.05) is 0 Å². The van der Waals surface area contributed by atoms with Crippen molar-refractivity contribution in [3.8, 4) is 0 Å². The molecule has 0 radical (unpaired) electrons. The van der Waals surface area contributed by atoms with E-state index >= 15 is 0 Å². The molecule has 0 aliphatic rings. The van der Waals surface area contributed by atoms with Crippen molar-refractivity contribution >= 4 is 17.5 Å². The summed E-state index contributed by atoms with van der Waals surface area (Å²) in [6.45, 7) is 0.365. The highest BCUT2D eigenvalue weighted by molar-refractivity contribution is 7.08. The Morgan fingerprint density at radius 3 is 3.09 bits per heavy atom. The molecule has 0 spiro atoms. The fourth-order valence-electron chi connectivity index (χ4n) is 0.629. The van der Waals surface area contributed by atoms with Crippen LogP contribution >= 0.6 is 11.5 Å². The lowest BCUT2D eigenvalue weighted by atomic mass is 10.4. The van der Waals surface area contributed by atoms with E-state index in [-0.39, 0.29) is 4.88 Å². The molecule has 0 bridgehead atoms. The van der Waals surface area contributed by atoms with Crippen LogP contribution in [0, 0.1) is 0 Å². The minimum atomic E-state index is -0.940. The van der Waals surface area contributed by atoms with Gasteiger partial charge in [0, 0.05) is 7.11 Å². The van der Waals surface area contributed by atoms with Crippen molar-refractivity contribution < 1.29 is 14.6 Å². The molecule has 0 aromatic carbocycles. The number of hydrogen-bond acceptors (Lipinski definition) is 4. The molecule has 4 nitrogen and oxygen atoms in total. The van der Waals surface area contributed by atoms with Crippen molar-refractivity contribution in [2.45, 2.75) is 6.61 Å². The van der Waals surface area contributed by atoms with E-state index in [4.69, 9.17) is 9.84 Å². The molecule has 1 aromatic heterocycles. The van der Waals surface area contributed by atoms with Gasteiger partial charge in [0.05, 0.1) is 12.3 Å². The van der Waals surface area contributed by atoms with Crippen molar-refractivity contribution in [2.24, 2.45) is 0 Å². The molecule has 1 rings (SSSR count). The third kappa shape index (κ3) is 1.99. The maximum atomic E-state index is 10.3. The van der Waals surface area contributed by atoms with Gasteiger partial charge < -0.3 is 9.84 Å². The Morgan fingerprint density at radius 2 is 2.64 bits per heavy atom. The molecule has 1 N–H and O–H groups in total. The van der Waals surface area contributed by atoms with Gasteiger partial charge in [0.15, 0.2) is 0 Å². The minimum absolute atomic E-state index is 0.247. The first-order valence-corrected chi connectivity index (χ1v) is 3.69. The number of ether oxygens (including phenoxy) is 1. The first kappa shape index (κ1) is 8.16. The molecule has 0 atom stereocenters. The Labute approximate surface area is 67.6 Å². The molecule has 0 aliphatic heterocycles. The number of nitrogens with zero attached hydrogens (tertiary/aromatic N) is 1. The number of aromatic carboxylic acids is 1. The van der Waals surface area contributed by atoms with Gasteiger partial charge in [-0.2, -0.15) is 4.37 Å². The van der Waals surface area contributed by atoms with Crippen LogP contribution in [-0.2, 0) is 11.3 Å². The maximum absolute atomic E-state index is 10.3. The zero-order valence-corrected chi connectivity index (χ0v) is 6.72. The predicted molar refractivity (Wildman–Crippen MR) is 39.8 cm³/mol. The van der Waals surface area contributed by atoms with Gasteiger partial charge in [0.2, 0.25) is 0 Å². The maximum Gasteiger partial charge on any atom is 0.347 e. The second-order valence-electron chi connectivity index (χ2n) is 1.92. The summed E-state index contributed by atoms with van der Waals surface area (Å²) in [5, 5.41) is 8.50. The molecule has 0 amide bonds. The van der Waals surface area contributed by atoms with Crippen LogP contribution in [-0.4, -0.2) is 22.6 Å². The molecule has 60 valence electrons. The lowest BCUT2D eigenvalue weighted by Gasteiger charge is -1.88. The van der Waals surface area contributed by atoms with E-state index in [0.29, 0.717) is 12.3 Å². The second kappa shape index (κ2) is 3.45. The lowest BCUT2D eigenvalue weighted by molar-refractivity contribution is 0.0702. The monoisotopic (exact) mass is 173 g/mol. The number of carboxylic acid groups (broad SMARTS) is 1. The van der Waals surface area contributed by atoms with Gasteiger partial charge in [-0.1, -0.05) is 0 Å². The van der Waals surface area contributed by atoms with Crippen LogP contribution in [0.2, 0.25) is 0 Å².